The number of cyclic esters (lactones) is 1. The second-order valence-corrected chi connectivity index (χ2v) is 9.38. The zero-order valence-electron chi connectivity index (χ0n) is 20.1. The molecule has 6 nitrogen and oxygen atoms in total. The van der Waals surface area contributed by atoms with Crippen molar-refractivity contribution in [3.05, 3.63) is 23.8 Å². The van der Waals surface area contributed by atoms with Crippen molar-refractivity contribution in [3.63, 3.8) is 0 Å². The van der Waals surface area contributed by atoms with Crippen LogP contribution in [0.25, 0.3) is 0 Å². The van der Waals surface area contributed by atoms with E-state index in [1.54, 1.807) is 14.2 Å². The van der Waals surface area contributed by atoms with Crippen molar-refractivity contribution in [1.82, 2.24) is 0 Å². The molecule has 1 aliphatic rings. The molecule has 1 aliphatic heterocycles. The SMILES string of the molecule is COCCCOc1cc(C[C@@H](C[C@H](N)C2C[C@@H](C(C)C)C(=O)O2)C(C)C)cc(OC)c1. The van der Waals surface area contributed by atoms with Crippen LogP contribution in [0.5, 0.6) is 11.5 Å². The minimum Gasteiger partial charge on any atom is -0.497 e. The maximum Gasteiger partial charge on any atom is 0.309 e. The van der Waals surface area contributed by atoms with Crippen molar-refractivity contribution in [2.45, 2.75) is 65.5 Å². The number of methoxy groups -OCH3 is 2. The van der Waals surface area contributed by atoms with Gasteiger partial charge in [0.25, 0.3) is 0 Å². The first-order chi connectivity index (χ1) is 14.7. The topological polar surface area (TPSA) is 80.0 Å². The molecule has 1 aromatic carbocycles. The van der Waals surface area contributed by atoms with Gasteiger partial charge in [0.1, 0.15) is 17.6 Å². The van der Waals surface area contributed by atoms with Crippen molar-refractivity contribution < 1.29 is 23.7 Å². The normalized spacial score (nSPS) is 20.7. The highest BCUT2D eigenvalue weighted by atomic mass is 16.6. The number of hydrogen-bond donors (Lipinski definition) is 1. The third-order valence-corrected chi connectivity index (χ3v) is 6.29. The summed E-state index contributed by atoms with van der Waals surface area (Å²) in [7, 11) is 3.36. The van der Waals surface area contributed by atoms with Gasteiger partial charge in [0.05, 0.1) is 19.6 Å². The van der Waals surface area contributed by atoms with Gasteiger partial charge in [0.2, 0.25) is 0 Å². The Hall–Kier alpha value is -1.79. The van der Waals surface area contributed by atoms with E-state index < -0.39 is 0 Å². The Morgan fingerprint density at radius 2 is 1.81 bits per heavy atom. The zero-order chi connectivity index (χ0) is 23.0. The fourth-order valence-corrected chi connectivity index (χ4v) is 4.18. The summed E-state index contributed by atoms with van der Waals surface area (Å²) in [5, 5.41) is 0. The molecule has 2 rings (SSSR count). The maximum absolute atomic E-state index is 12.2. The van der Waals surface area contributed by atoms with Crippen LogP contribution in [0.3, 0.4) is 0 Å². The van der Waals surface area contributed by atoms with E-state index in [-0.39, 0.29) is 30.0 Å². The number of esters is 1. The van der Waals surface area contributed by atoms with E-state index in [2.05, 4.69) is 39.8 Å². The molecule has 6 heteroatoms. The smallest absolute Gasteiger partial charge is 0.309 e. The van der Waals surface area contributed by atoms with Gasteiger partial charge in [-0.1, -0.05) is 27.7 Å². The van der Waals surface area contributed by atoms with Crippen molar-refractivity contribution in [2.24, 2.45) is 29.4 Å². The highest BCUT2D eigenvalue weighted by Crippen LogP contribution is 2.33. The lowest BCUT2D eigenvalue weighted by Gasteiger charge is -2.27. The number of carbonyl (C=O) groups excluding carboxylic acids is 1. The van der Waals surface area contributed by atoms with E-state index in [9.17, 15) is 4.79 Å². The molecule has 0 amide bonds. The van der Waals surface area contributed by atoms with Gasteiger partial charge in [-0.25, -0.2) is 0 Å². The molecule has 2 N–H and O–H groups in total. The Balaban J connectivity index is 2.04. The van der Waals surface area contributed by atoms with Crippen LogP contribution in [0.1, 0.15) is 52.5 Å². The fraction of sp³-hybridized carbons (Fsp3) is 0.720. The van der Waals surface area contributed by atoms with Crippen LogP contribution in [-0.2, 0) is 20.7 Å². The first-order valence-corrected chi connectivity index (χ1v) is 11.5. The van der Waals surface area contributed by atoms with Crippen molar-refractivity contribution in [2.75, 3.05) is 27.4 Å². The molecule has 1 unspecified atom stereocenters. The molecule has 176 valence electrons. The van der Waals surface area contributed by atoms with Gasteiger partial charge in [0, 0.05) is 32.2 Å². The van der Waals surface area contributed by atoms with Crippen LogP contribution in [0.2, 0.25) is 0 Å². The first-order valence-electron chi connectivity index (χ1n) is 11.5. The third-order valence-electron chi connectivity index (χ3n) is 6.29. The van der Waals surface area contributed by atoms with Crippen LogP contribution in [0.15, 0.2) is 18.2 Å². The molecule has 0 saturated carbocycles. The van der Waals surface area contributed by atoms with Gasteiger partial charge in [-0.05, 0) is 54.7 Å². The monoisotopic (exact) mass is 435 g/mol. The van der Waals surface area contributed by atoms with E-state index in [0.29, 0.717) is 25.0 Å². The average Bonchev–Trinajstić information content (AvgIpc) is 3.12. The summed E-state index contributed by atoms with van der Waals surface area (Å²) in [6, 6.07) is 5.90. The zero-order valence-corrected chi connectivity index (χ0v) is 20.1. The van der Waals surface area contributed by atoms with Gasteiger partial charge in [-0.15, -0.1) is 0 Å². The molecule has 0 radical (unpaired) electrons. The highest BCUT2D eigenvalue weighted by molar-refractivity contribution is 5.75. The van der Waals surface area contributed by atoms with E-state index >= 15 is 0 Å². The van der Waals surface area contributed by atoms with E-state index in [1.165, 1.54) is 0 Å². The van der Waals surface area contributed by atoms with Crippen molar-refractivity contribution in [3.8, 4) is 11.5 Å². The summed E-state index contributed by atoms with van der Waals surface area (Å²) in [4.78, 5) is 12.2. The lowest BCUT2D eigenvalue weighted by atomic mass is 9.82. The molecular weight excluding hydrogens is 394 g/mol. The number of nitrogens with two attached hydrogens (primary N) is 1. The van der Waals surface area contributed by atoms with Crippen LogP contribution in [0, 0.1) is 23.7 Å². The van der Waals surface area contributed by atoms with Gasteiger partial charge in [-0.3, -0.25) is 4.79 Å². The molecule has 1 aromatic rings. The average molecular weight is 436 g/mol. The Morgan fingerprint density at radius 3 is 2.39 bits per heavy atom. The van der Waals surface area contributed by atoms with Gasteiger partial charge >= 0.3 is 5.97 Å². The first kappa shape index (κ1) is 25.5. The lowest BCUT2D eigenvalue weighted by molar-refractivity contribution is -0.146. The largest absolute Gasteiger partial charge is 0.497 e. The summed E-state index contributed by atoms with van der Waals surface area (Å²) in [5.41, 5.74) is 7.70. The summed E-state index contributed by atoms with van der Waals surface area (Å²) in [6.45, 7) is 9.84. The second-order valence-electron chi connectivity index (χ2n) is 9.38. The maximum atomic E-state index is 12.2. The van der Waals surface area contributed by atoms with Crippen LogP contribution < -0.4 is 15.2 Å². The minimum absolute atomic E-state index is 0.0373. The fourth-order valence-electron chi connectivity index (χ4n) is 4.18. The van der Waals surface area contributed by atoms with E-state index in [1.807, 2.05) is 6.07 Å². The summed E-state index contributed by atoms with van der Waals surface area (Å²) in [5.74, 6) is 2.55. The summed E-state index contributed by atoms with van der Waals surface area (Å²) in [6.07, 6.45) is 3.05. The summed E-state index contributed by atoms with van der Waals surface area (Å²) < 4.78 is 22.1. The standard InChI is InChI=1S/C25H41NO5/c1-16(2)19(13-23(26)24-15-22(17(3)4)25(27)31-24)10-18-11-20(29-6)14-21(12-18)30-9-7-8-28-5/h11-12,14,16-17,19,22-24H,7-10,13,15,26H2,1-6H3/t19-,22-,23-,24?/m0/s1. The van der Waals surface area contributed by atoms with E-state index in [4.69, 9.17) is 24.7 Å². The van der Waals surface area contributed by atoms with Gasteiger partial charge in [0.15, 0.2) is 0 Å². The molecule has 0 aliphatic carbocycles. The molecule has 4 atom stereocenters. The number of hydrogen-bond acceptors (Lipinski definition) is 6. The van der Waals surface area contributed by atoms with Crippen molar-refractivity contribution >= 4 is 5.97 Å². The van der Waals surface area contributed by atoms with Gasteiger partial charge < -0.3 is 24.7 Å². The number of ether oxygens (including phenoxy) is 4. The molecule has 1 fully saturated rings. The highest BCUT2D eigenvalue weighted by Gasteiger charge is 2.39. The molecule has 1 saturated heterocycles. The molecular formula is C25H41NO5. The van der Waals surface area contributed by atoms with Crippen LogP contribution in [-0.4, -0.2) is 45.5 Å². The van der Waals surface area contributed by atoms with Crippen LogP contribution in [0.4, 0.5) is 0 Å². The van der Waals surface area contributed by atoms with Crippen LogP contribution >= 0.6 is 0 Å². The lowest BCUT2D eigenvalue weighted by Crippen LogP contribution is -2.37. The predicted molar refractivity (Wildman–Crippen MR) is 122 cm³/mol. The number of carbonyl (C=O) groups is 1. The Morgan fingerprint density at radius 1 is 1.10 bits per heavy atom. The number of rotatable bonds is 13. The quantitative estimate of drug-likeness (QED) is 0.369. The van der Waals surface area contributed by atoms with Crippen molar-refractivity contribution in [1.29, 1.82) is 0 Å². The second kappa shape index (κ2) is 12.3. The molecule has 0 aromatic heterocycles. The Labute approximate surface area is 187 Å². The Kier molecular flexibility index (Phi) is 10.1. The molecule has 31 heavy (non-hydrogen) atoms. The van der Waals surface area contributed by atoms with E-state index in [0.717, 1.165) is 42.7 Å². The minimum atomic E-state index is -0.189. The molecule has 1 heterocycles. The number of benzene rings is 1. The predicted octanol–water partition coefficient (Wildman–Crippen LogP) is 4.23. The summed E-state index contributed by atoms with van der Waals surface area (Å²) >= 11 is 0. The molecule has 0 spiro atoms. The Bertz CT molecular complexity index is 690. The van der Waals surface area contributed by atoms with Gasteiger partial charge in [-0.2, -0.15) is 0 Å². The third kappa shape index (κ3) is 7.69. The molecule has 0 bridgehead atoms.